The molecule has 1 amide bonds. The first-order chi connectivity index (χ1) is 7.92. The molecule has 0 aliphatic heterocycles. The molecule has 0 unspecified atom stereocenters. The second-order valence-electron chi connectivity index (χ2n) is 4.71. The van der Waals surface area contributed by atoms with E-state index in [0.29, 0.717) is 18.7 Å². The van der Waals surface area contributed by atoms with Crippen LogP contribution in [0, 0.1) is 0 Å². The Kier molecular flexibility index (Phi) is 4.57. The van der Waals surface area contributed by atoms with Gasteiger partial charge in [-0.25, -0.2) is 4.79 Å². The molecule has 0 saturated carbocycles. The standard InChI is InChI=1S/C12H19NO4/c1-12(2,3)17-11(15)13-6-4-10-9(8-14)5-7-16-10/h5,7,14H,4,6,8H2,1-3H3,(H,13,15). The van der Waals surface area contributed by atoms with Crippen molar-refractivity contribution in [1.29, 1.82) is 0 Å². The van der Waals surface area contributed by atoms with Crippen molar-refractivity contribution < 1.29 is 19.1 Å². The van der Waals surface area contributed by atoms with Crippen LogP contribution in [-0.4, -0.2) is 23.3 Å². The summed E-state index contributed by atoms with van der Waals surface area (Å²) in [7, 11) is 0. The molecule has 0 atom stereocenters. The molecular weight excluding hydrogens is 222 g/mol. The number of amides is 1. The highest BCUT2D eigenvalue weighted by Gasteiger charge is 2.15. The van der Waals surface area contributed by atoms with Crippen LogP contribution in [0.1, 0.15) is 32.1 Å². The van der Waals surface area contributed by atoms with Gasteiger partial charge in [0.25, 0.3) is 0 Å². The van der Waals surface area contributed by atoms with Gasteiger partial charge in [0.1, 0.15) is 11.4 Å². The second-order valence-corrected chi connectivity index (χ2v) is 4.71. The number of rotatable bonds is 4. The van der Waals surface area contributed by atoms with Gasteiger partial charge in [0.2, 0.25) is 0 Å². The van der Waals surface area contributed by atoms with E-state index in [1.54, 1.807) is 6.07 Å². The van der Waals surface area contributed by atoms with Gasteiger partial charge in [-0.05, 0) is 26.8 Å². The molecular formula is C12H19NO4. The quantitative estimate of drug-likeness (QED) is 0.843. The Morgan fingerprint density at radius 1 is 1.53 bits per heavy atom. The number of carbonyl (C=O) groups is 1. The largest absolute Gasteiger partial charge is 0.469 e. The predicted octanol–water partition coefficient (Wildman–Crippen LogP) is 1.84. The maximum atomic E-state index is 11.3. The lowest BCUT2D eigenvalue weighted by Gasteiger charge is -2.19. The number of hydrogen-bond acceptors (Lipinski definition) is 4. The minimum atomic E-state index is -0.495. The zero-order chi connectivity index (χ0) is 12.9. The monoisotopic (exact) mass is 241 g/mol. The Morgan fingerprint density at radius 2 is 2.24 bits per heavy atom. The van der Waals surface area contributed by atoms with Crippen molar-refractivity contribution in [2.75, 3.05) is 6.54 Å². The normalized spacial score (nSPS) is 11.3. The van der Waals surface area contributed by atoms with Crippen molar-refractivity contribution in [3.05, 3.63) is 23.7 Å². The molecule has 0 spiro atoms. The number of aliphatic hydroxyl groups is 1. The number of carbonyl (C=O) groups excluding carboxylic acids is 1. The Balaban J connectivity index is 2.31. The van der Waals surface area contributed by atoms with E-state index in [4.69, 9.17) is 14.3 Å². The third-order valence-electron chi connectivity index (χ3n) is 2.03. The van der Waals surface area contributed by atoms with Gasteiger partial charge >= 0.3 is 6.09 Å². The molecule has 5 nitrogen and oxygen atoms in total. The highest BCUT2D eigenvalue weighted by molar-refractivity contribution is 5.67. The fraction of sp³-hybridized carbons (Fsp3) is 0.583. The number of alkyl carbamates (subject to hydrolysis) is 1. The molecule has 1 heterocycles. The number of nitrogens with one attached hydrogen (secondary N) is 1. The molecule has 1 rings (SSSR count). The van der Waals surface area contributed by atoms with Crippen molar-refractivity contribution in [3.8, 4) is 0 Å². The molecule has 17 heavy (non-hydrogen) atoms. The topological polar surface area (TPSA) is 71.7 Å². The van der Waals surface area contributed by atoms with Crippen molar-refractivity contribution in [1.82, 2.24) is 5.32 Å². The smallest absolute Gasteiger partial charge is 0.407 e. The van der Waals surface area contributed by atoms with E-state index in [1.165, 1.54) is 6.26 Å². The average molecular weight is 241 g/mol. The van der Waals surface area contributed by atoms with Crippen LogP contribution in [0.3, 0.4) is 0 Å². The van der Waals surface area contributed by atoms with E-state index >= 15 is 0 Å². The molecule has 96 valence electrons. The molecule has 5 heteroatoms. The summed E-state index contributed by atoms with van der Waals surface area (Å²) in [6.07, 6.45) is 1.60. The lowest BCUT2D eigenvalue weighted by Crippen LogP contribution is -2.33. The third-order valence-corrected chi connectivity index (χ3v) is 2.03. The van der Waals surface area contributed by atoms with Crippen molar-refractivity contribution >= 4 is 6.09 Å². The van der Waals surface area contributed by atoms with Crippen LogP contribution in [-0.2, 0) is 17.8 Å². The molecule has 2 N–H and O–H groups in total. The van der Waals surface area contributed by atoms with Crippen LogP contribution < -0.4 is 5.32 Å². The Labute approximate surface area is 101 Å². The molecule has 0 aliphatic rings. The van der Waals surface area contributed by atoms with E-state index in [2.05, 4.69) is 5.32 Å². The van der Waals surface area contributed by atoms with Crippen LogP contribution >= 0.6 is 0 Å². The van der Waals surface area contributed by atoms with Gasteiger partial charge in [-0.3, -0.25) is 0 Å². The van der Waals surface area contributed by atoms with Crippen molar-refractivity contribution in [2.45, 2.75) is 39.4 Å². The first-order valence-electron chi connectivity index (χ1n) is 5.55. The second kappa shape index (κ2) is 5.72. The maximum absolute atomic E-state index is 11.3. The zero-order valence-electron chi connectivity index (χ0n) is 10.4. The van der Waals surface area contributed by atoms with Gasteiger partial charge in [-0.15, -0.1) is 0 Å². The Hall–Kier alpha value is -1.49. The van der Waals surface area contributed by atoms with Crippen LogP contribution in [0.25, 0.3) is 0 Å². The lowest BCUT2D eigenvalue weighted by molar-refractivity contribution is 0.0528. The van der Waals surface area contributed by atoms with Crippen molar-refractivity contribution in [2.24, 2.45) is 0 Å². The van der Waals surface area contributed by atoms with E-state index in [0.717, 1.165) is 5.56 Å². The third kappa shape index (κ3) is 4.91. The van der Waals surface area contributed by atoms with E-state index in [-0.39, 0.29) is 6.61 Å². The molecule has 1 aromatic rings. The number of ether oxygens (including phenoxy) is 1. The average Bonchev–Trinajstić information content (AvgIpc) is 2.62. The van der Waals surface area contributed by atoms with Crippen LogP contribution in [0.4, 0.5) is 4.79 Å². The van der Waals surface area contributed by atoms with Gasteiger partial charge in [0.05, 0.1) is 12.9 Å². The summed E-state index contributed by atoms with van der Waals surface area (Å²) in [5, 5.41) is 11.6. The maximum Gasteiger partial charge on any atom is 0.407 e. The molecule has 0 saturated heterocycles. The van der Waals surface area contributed by atoms with Gasteiger partial charge < -0.3 is 19.6 Å². The van der Waals surface area contributed by atoms with Crippen LogP contribution in [0.5, 0.6) is 0 Å². The SMILES string of the molecule is CC(C)(C)OC(=O)NCCc1occc1CO. The Bertz CT molecular complexity index is 365. The summed E-state index contributed by atoms with van der Waals surface area (Å²) >= 11 is 0. The van der Waals surface area contributed by atoms with Gasteiger partial charge in [-0.2, -0.15) is 0 Å². The van der Waals surface area contributed by atoms with Crippen LogP contribution in [0.2, 0.25) is 0 Å². The van der Waals surface area contributed by atoms with Gasteiger partial charge in [0, 0.05) is 18.5 Å². The number of aliphatic hydroxyl groups excluding tert-OH is 1. The summed E-state index contributed by atoms with van der Waals surface area (Å²) < 4.78 is 10.3. The lowest BCUT2D eigenvalue weighted by atomic mass is 10.2. The van der Waals surface area contributed by atoms with Gasteiger partial charge in [0.15, 0.2) is 0 Å². The number of furan rings is 1. The molecule has 0 radical (unpaired) electrons. The summed E-state index contributed by atoms with van der Waals surface area (Å²) in [5.41, 5.74) is 0.251. The highest BCUT2D eigenvalue weighted by atomic mass is 16.6. The predicted molar refractivity (Wildman–Crippen MR) is 62.6 cm³/mol. The molecule has 0 fully saturated rings. The summed E-state index contributed by atoms with van der Waals surface area (Å²) in [6, 6.07) is 1.71. The van der Waals surface area contributed by atoms with E-state index in [9.17, 15) is 4.79 Å². The first kappa shape index (κ1) is 13.6. The number of hydrogen-bond donors (Lipinski definition) is 2. The molecule has 0 aliphatic carbocycles. The Morgan fingerprint density at radius 3 is 2.82 bits per heavy atom. The fourth-order valence-electron chi connectivity index (χ4n) is 1.32. The minimum Gasteiger partial charge on any atom is -0.469 e. The van der Waals surface area contributed by atoms with E-state index in [1.807, 2.05) is 20.8 Å². The zero-order valence-corrected chi connectivity index (χ0v) is 10.4. The van der Waals surface area contributed by atoms with Gasteiger partial charge in [-0.1, -0.05) is 0 Å². The molecule has 0 aromatic carbocycles. The summed E-state index contributed by atoms with van der Waals surface area (Å²) in [6.45, 7) is 5.78. The van der Waals surface area contributed by atoms with E-state index < -0.39 is 11.7 Å². The fourth-order valence-corrected chi connectivity index (χ4v) is 1.32. The summed E-state index contributed by atoms with van der Waals surface area (Å²) in [4.78, 5) is 11.3. The molecule has 1 aromatic heterocycles. The minimum absolute atomic E-state index is 0.0573. The summed E-state index contributed by atoms with van der Waals surface area (Å²) in [5.74, 6) is 0.684. The van der Waals surface area contributed by atoms with Crippen LogP contribution in [0.15, 0.2) is 16.7 Å². The van der Waals surface area contributed by atoms with Crippen molar-refractivity contribution in [3.63, 3.8) is 0 Å². The molecule has 0 bridgehead atoms. The first-order valence-corrected chi connectivity index (χ1v) is 5.55. The highest BCUT2D eigenvalue weighted by Crippen LogP contribution is 2.11.